The molecule has 3 aromatic carbocycles. The predicted octanol–water partition coefficient (Wildman–Crippen LogP) is 6.77. The van der Waals surface area contributed by atoms with Crippen LogP contribution in [-0.4, -0.2) is 11.8 Å². The molecule has 0 aliphatic rings. The van der Waals surface area contributed by atoms with Gasteiger partial charge in [-0.1, -0.05) is 42.5 Å². The van der Waals surface area contributed by atoms with Crippen molar-refractivity contribution in [3.05, 3.63) is 113 Å². The fourth-order valence-corrected chi connectivity index (χ4v) is 4.42. The molecule has 0 aliphatic heterocycles. The third-order valence-electron chi connectivity index (χ3n) is 4.58. The molecular formula is C25H19BrN2O3S. The summed E-state index contributed by atoms with van der Waals surface area (Å²) < 4.78 is 5.93. The predicted molar refractivity (Wildman–Crippen MR) is 131 cm³/mol. The quantitative estimate of drug-likeness (QED) is 0.271. The van der Waals surface area contributed by atoms with Crippen LogP contribution in [0.15, 0.2) is 111 Å². The second-order valence-corrected chi connectivity index (χ2v) is 8.87. The Labute approximate surface area is 198 Å². The molecule has 0 bridgehead atoms. The first kappa shape index (κ1) is 21.9. The van der Waals surface area contributed by atoms with E-state index in [1.54, 1.807) is 24.3 Å². The van der Waals surface area contributed by atoms with Crippen LogP contribution in [-0.2, 0) is 4.79 Å². The molecule has 0 fully saturated rings. The minimum atomic E-state index is -0.452. The first-order chi connectivity index (χ1) is 15.6. The molecule has 1 unspecified atom stereocenters. The molecule has 160 valence electrons. The summed E-state index contributed by atoms with van der Waals surface area (Å²) in [5, 5.41) is 5.35. The highest BCUT2D eigenvalue weighted by Crippen LogP contribution is 2.37. The van der Waals surface area contributed by atoms with Gasteiger partial charge < -0.3 is 15.1 Å². The highest BCUT2D eigenvalue weighted by Gasteiger charge is 2.23. The normalized spacial score (nSPS) is 11.5. The van der Waals surface area contributed by atoms with Gasteiger partial charge in [0.2, 0.25) is 5.91 Å². The standard InChI is InChI=1S/C25H19BrN2O3S/c26-20-9-4-5-10-21(20)28-25(30)23(17-7-2-1-3-8-17)32-19-14-12-18(13-15-19)27-24(29)22-11-6-16-31-22/h1-16,23H,(H,27,29)(H,28,30). The average Bonchev–Trinajstić information content (AvgIpc) is 3.36. The molecule has 1 aromatic heterocycles. The first-order valence-electron chi connectivity index (χ1n) is 9.82. The van der Waals surface area contributed by atoms with Gasteiger partial charge in [0.05, 0.1) is 12.0 Å². The molecule has 2 N–H and O–H groups in total. The number of para-hydroxylation sites is 1. The number of hydrogen-bond donors (Lipinski definition) is 2. The van der Waals surface area contributed by atoms with Crippen LogP contribution in [0.4, 0.5) is 11.4 Å². The van der Waals surface area contributed by atoms with Crippen LogP contribution in [0, 0.1) is 0 Å². The van der Waals surface area contributed by atoms with Crippen molar-refractivity contribution < 1.29 is 14.0 Å². The third kappa shape index (κ3) is 5.49. The maximum atomic E-state index is 13.2. The van der Waals surface area contributed by atoms with Gasteiger partial charge >= 0.3 is 0 Å². The number of nitrogens with one attached hydrogen (secondary N) is 2. The molecule has 2 amide bonds. The van der Waals surface area contributed by atoms with E-state index in [1.807, 2.05) is 66.7 Å². The fourth-order valence-electron chi connectivity index (χ4n) is 3.01. The first-order valence-corrected chi connectivity index (χ1v) is 11.5. The lowest BCUT2D eigenvalue weighted by molar-refractivity contribution is -0.115. The summed E-state index contributed by atoms with van der Waals surface area (Å²) in [5.74, 6) is -0.190. The monoisotopic (exact) mass is 506 g/mol. The second kappa shape index (κ2) is 10.3. The number of carbonyl (C=O) groups excluding carboxylic acids is 2. The van der Waals surface area contributed by atoms with Crippen LogP contribution < -0.4 is 10.6 Å². The molecule has 0 saturated carbocycles. The minimum Gasteiger partial charge on any atom is -0.459 e. The van der Waals surface area contributed by atoms with Gasteiger partial charge in [0, 0.05) is 15.1 Å². The molecule has 0 saturated heterocycles. The molecule has 7 heteroatoms. The van der Waals surface area contributed by atoms with Gasteiger partial charge in [-0.2, -0.15) is 0 Å². The van der Waals surface area contributed by atoms with E-state index >= 15 is 0 Å². The molecule has 0 spiro atoms. The van der Waals surface area contributed by atoms with Crippen molar-refractivity contribution in [2.75, 3.05) is 10.6 Å². The van der Waals surface area contributed by atoms with Crippen molar-refractivity contribution in [1.29, 1.82) is 0 Å². The number of rotatable bonds is 7. The van der Waals surface area contributed by atoms with Crippen LogP contribution in [0.2, 0.25) is 0 Å². The van der Waals surface area contributed by atoms with Crippen molar-refractivity contribution in [2.45, 2.75) is 10.1 Å². The van der Waals surface area contributed by atoms with E-state index in [0.717, 1.165) is 20.6 Å². The largest absolute Gasteiger partial charge is 0.459 e. The van der Waals surface area contributed by atoms with Crippen LogP contribution >= 0.6 is 27.7 Å². The summed E-state index contributed by atoms with van der Waals surface area (Å²) in [5.41, 5.74) is 2.26. The topological polar surface area (TPSA) is 71.3 Å². The molecule has 4 aromatic rings. The second-order valence-electron chi connectivity index (χ2n) is 6.83. The fraction of sp³-hybridized carbons (Fsp3) is 0.0400. The van der Waals surface area contributed by atoms with Gasteiger partial charge in [-0.15, -0.1) is 11.8 Å². The summed E-state index contributed by atoms with van der Waals surface area (Å²) in [6.07, 6.45) is 1.46. The smallest absolute Gasteiger partial charge is 0.291 e. The van der Waals surface area contributed by atoms with E-state index in [2.05, 4.69) is 26.6 Å². The molecular weight excluding hydrogens is 488 g/mol. The van der Waals surface area contributed by atoms with E-state index < -0.39 is 5.25 Å². The van der Waals surface area contributed by atoms with Gasteiger partial charge in [0.15, 0.2) is 5.76 Å². The summed E-state index contributed by atoms with van der Waals surface area (Å²) in [6, 6.07) is 27.8. The Kier molecular flexibility index (Phi) is 7.09. The maximum Gasteiger partial charge on any atom is 0.291 e. The van der Waals surface area contributed by atoms with Crippen molar-refractivity contribution in [3.63, 3.8) is 0 Å². The number of benzene rings is 3. The number of halogens is 1. The summed E-state index contributed by atoms with van der Waals surface area (Å²) in [4.78, 5) is 26.2. The molecule has 1 atom stereocenters. The number of furan rings is 1. The maximum absolute atomic E-state index is 13.2. The molecule has 0 radical (unpaired) electrons. The summed E-state index contributed by atoms with van der Waals surface area (Å²) >= 11 is 4.92. The SMILES string of the molecule is O=C(Nc1ccc(SC(C(=O)Nc2ccccc2Br)c2ccccc2)cc1)c1ccco1. The van der Waals surface area contributed by atoms with Crippen LogP contribution in [0.1, 0.15) is 21.4 Å². The van der Waals surface area contributed by atoms with Gasteiger partial charge in [0.1, 0.15) is 5.25 Å². The lowest BCUT2D eigenvalue weighted by atomic mass is 10.1. The zero-order chi connectivity index (χ0) is 22.3. The van der Waals surface area contributed by atoms with E-state index in [1.165, 1.54) is 18.0 Å². The molecule has 4 rings (SSSR count). The Bertz CT molecular complexity index is 1200. The highest BCUT2D eigenvalue weighted by atomic mass is 79.9. The molecule has 5 nitrogen and oxygen atoms in total. The number of anilines is 2. The molecule has 0 aliphatic carbocycles. The van der Waals surface area contributed by atoms with Crippen molar-refractivity contribution in [1.82, 2.24) is 0 Å². The van der Waals surface area contributed by atoms with Crippen molar-refractivity contribution in [3.8, 4) is 0 Å². The van der Waals surface area contributed by atoms with E-state index in [4.69, 9.17) is 4.42 Å². The highest BCUT2D eigenvalue weighted by molar-refractivity contribution is 9.10. The Morgan fingerprint density at radius 2 is 1.53 bits per heavy atom. The summed E-state index contributed by atoms with van der Waals surface area (Å²) in [7, 11) is 0. The summed E-state index contributed by atoms with van der Waals surface area (Å²) in [6.45, 7) is 0. The number of carbonyl (C=O) groups is 2. The Morgan fingerprint density at radius 3 is 2.22 bits per heavy atom. The van der Waals surface area contributed by atoms with E-state index in [9.17, 15) is 9.59 Å². The lowest BCUT2D eigenvalue weighted by Gasteiger charge is -2.18. The Balaban J connectivity index is 1.50. The Morgan fingerprint density at radius 1 is 0.812 bits per heavy atom. The van der Waals surface area contributed by atoms with Gasteiger partial charge in [0.25, 0.3) is 5.91 Å². The average molecular weight is 507 g/mol. The van der Waals surface area contributed by atoms with E-state index in [0.29, 0.717) is 5.69 Å². The number of amides is 2. The van der Waals surface area contributed by atoms with Crippen molar-refractivity contribution >= 4 is 50.9 Å². The number of hydrogen-bond acceptors (Lipinski definition) is 4. The molecule has 1 heterocycles. The van der Waals surface area contributed by atoms with E-state index in [-0.39, 0.29) is 17.6 Å². The van der Waals surface area contributed by atoms with Crippen LogP contribution in [0.5, 0.6) is 0 Å². The zero-order valence-electron chi connectivity index (χ0n) is 16.8. The third-order valence-corrected chi connectivity index (χ3v) is 6.54. The van der Waals surface area contributed by atoms with Gasteiger partial charge in [-0.3, -0.25) is 9.59 Å². The van der Waals surface area contributed by atoms with Gasteiger partial charge in [-0.05, 0) is 70.0 Å². The number of thioether (sulfide) groups is 1. The lowest BCUT2D eigenvalue weighted by Crippen LogP contribution is -2.19. The molecule has 32 heavy (non-hydrogen) atoms. The zero-order valence-corrected chi connectivity index (χ0v) is 19.2. The van der Waals surface area contributed by atoms with Crippen LogP contribution in [0.25, 0.3) is 0 Å². The Hall–Kier alpha value is -3.29. The van der Waals surface area contributed by atoms with Crippen LogP contribution in [0.3, 0.4) is 0 Å². The van der Waals surface area contributed by atoms with Crippen molar-refractivity contribution in [2.24, 2.45) is 0 Å². The minimum absolute atomic E-state index is 0.122. The van der Waals surface area contributed by atoms with Gasteiger partial charge in [-0.25, -0.2) is 0 Å².